The Morgan fingerprint density at radius 2 is 0.850 bits per heavy atom. The number of ether oxygens (including phenoxy) is 4. The zero-order valence-electron chi connectivity index (χ0n) is 22.1. The molecule has 0 fully saturated rings. The minimum Gasteiger partial charge on any atom is -0.490 e. The number of esters is 2. The van der Waals surface area contributed by atoms with Crippen LogP contribution in [0.15, 0.2) is 122 Å². The second-order valence-corrected chi connectivity index (χ2v) is 8.58. The molecule has 0 amide bonds. The summed E-state index contributed by atoms with van der Waals surface area (Å²) in [6.07, 6.45) is 2.26. The molecule has 0 aliphatic rings. The summed E-state index contributed by atoms with van der Waals surface area (Å²) in [5.41, 5.74) is 6.50. The van der Waals surface area contributed by atoms with Crippen LogP contribution in [0.4, 0.5) is 0 Å². The highest BCUT2D eigenvalue weighted by atomic mass is 16.6. The van der Waals surface area contributed by atoms with Crippen LogP contribution < -0.4 is 9.47 Å². The van der Waals surface area contributed by atoms with E-state index in [-0.39, 0.29) is 26.4 Å². The molecule has 0 saturated heterocycles. The van der Waals surface area contributed by atoms with Crippen molar-refractivity contribution in [3.8, 4) is 44.9 Å². The molecular formula is C34H30O6. The first-order valence-electron chi connectivity index (χ1n) is 12.8. The zero-order chi connectivity index (χ0) is 28.2. The summed E-state index contributed by atoms with van der Waals surface area (Å²) in [7, 11) is 0. The van der Waals surface area contributed by atoms with E-state index in [0.717, 1.165) is 45.5 Å². The van der Waals surface area contributed by atoms with E-state index >= 15 is 0 Å². The molecule has 0 aliphatic carbocycles. The summed E-state index contributed by atoms with van der Waals surface area (Å²) in [6.45, 7) is 7.58. The lowest BCUT2D eigenvalue weighted by Gasteiger charge is -2.15. The molecule has 4 aromatic rings. The van der Waals surface area contributed by atoms with E-state index in [2.05, 4.69) is 37.4 Å². The normalized spacial score (nSPS) is 10.3. The van der Waals surface area contributed by atoms with E-state index in [0.29, 0.717) is 11.5 Å². The Kier molecular flexibility index (Phi) is 9.89. The van der Waals surface area contributed by atoms with Crippen LogP contribution in [0.1, 0.15) is 0 Å². The van der Waals surface area contributed by atoms with E-state index in [1.54, 1.807) is 0 Å². The number of rotatable bonds is 13. The second kappa shape index (κ2) is 14.2. The number of hydrogen-bond donors (Lipinski definition) is 0. The molecule has 40 heavy (non-hydrogen) atoms. The molecule has 0 bridgehead atoms. The molecule has 0 saturated carbocycles. The number of carbonyl (C=O) groups excluding carboxylic acids is 2. The van der Waals surface area contributed by atoms with Crippen molar-refractivity contribution in [1.29, 1.82) is 0 Å². The van der Waals surface area contributed by atoms with E-state index in [4.69, 9.17) is 18.9 Å². The van der Waals surface area contributed by atoms with Gasteiger partial charge in [-0.2, -0.15) is 0 Å². The molecule has 0 atom stereocenters. The van der Waals surface area contributed by atoms with E-state index < -0.39 is 11.9 Å². The third-order valence-corrected chi connectivity index (χ3v) is 6.00. The molecule has 6 heteroatoms. The SMILES string of the molecule is C=CC(=O)OCCOc1ccc(-c2ccccc2-c2ccccc2-c2ccc(OCCOC(=O)C=C)cc2)cc1. The van der Waals surface area contributed by atoms with Gasteiger partial charge in [-0.3, -0.25) is 0 Å². The predicted molar refractivity (Wildman–Crippen MR) is 156 cm³/mol. The third-order valence-electron chi connectivity index (χ3n) is 6.00. The van der Waals surface area contributed by atoms with Gasteiger partial charge in [0.05, 0.1) is 0 Å². The summed E-state index contributed by atoms with van der Waals surface area (Å²) in [6, 6.07) is 32.3. The lowest BCUT2D eigenvalue weighted by Crippen LogP contribution is -2.10. The molecule has 0 aromatic heterocycles. The largest absolute Gasteiger partial charge is 0.490 e. The minimum atomic E-state index is -0.469. The van der Waals surface area contributed by atoms with Crippen molar-refractivity contribution in [3.05, 3.63) is 122 Å². The highest BCUT2D eigenvalue weighted by Gasteiger charge is 2.12. The van der Waals surface area contributed by atoms with Gasteiger partial charge in [0, 0.05) is 12.2 Å². The zero-order valence-corrected chi connectivity index (χ0v) is 22.1. The maximum atomic E-state index is 11.2. The van der Waals surface area contributed by atoms with Crippen LogP contribution in [-0.4, -0.2) is 38.4 Å². The summed E-state index contributed by atoms with van der Waals surface area (Å²) < 4.78 is 21.3. The summed E-state index contributed by atoms with van der Waals surface area (Å²) in [5, 5.41) is 0. The number of carbonyl (C=O) groups is 2. The van der Waals surface area contributed by atoms with Gasteiger partial charge in [-0.15, -0.1) is 0 Å². The topological polar surface area (TPSA) is 71.1 Å². The van der Waals surface area contributed by atoms with Crippen molar-refractivity contribution in [2.45, 2.75) is 0 Å². The highest BCUT2D eigenvalue weighted by Crippen LogP contribution is 2.38. The standard InChI is InChI=1S/C34H30O6/c1-3-33(35)39-23-21-37-27-17-13-25(14-18-27)29-9-5-7-11-31(29)32-12-8-6-10-30(32)26-15-19-28(20-16-26)38-22-24-40-34(36)4-2/h3-20H,1-2,21-24H2. The van der Waals surface area contributed by atoms with Gasteiger partial charge < -0.3 is 18.9 Å². The van der Waals surface area contributed by atoms with Crippen molar-refractivity contribution in [2.75, 3.05) is 26.4 Å². The fourth-order valence-electron chi connectivity index (χ4n) is 4.12. The van der Waals surface area contributed by atoms with Crippen LogP contribution in [0.25, 0.3) is 33.4 Å². The van der Waals surface area contributed by atoms with Crippen molar-refractivity contribution < 1.29 is 28.5 Å². The molecule has 0 N–H and O–H groups in total. The quantitative estimate of drug-likeness (QED) is 0.106. The monoisotopic (exact) mass is 534 g/mol. The molecule has 202 valence electrons. The molecule has 0 heterocycles. The Balaban J connectivity index is 1.50. The smallest absolute Gasteiger partial charge is 0.330 e. The fraction of sp³-hybridized carbons (Fsp3) is 0.118. The summed E-state index contributed by atoms with van der Waals surface area (Å²) >= 11 is 0. The van der Waals surface area contributed by atoms with Gasteiger partial charge in [-0.1, -0.05) is 86.0 Å². The van der Waals surface area contributed by atoms with Gasteiger partial charge in [-0.25, -0.2) is 9.59 Å². The van der Waals surface area contributed by atoms with Gasteiger partial charge >= 0.3 is 11.9 Å². The van der Waals surface area contributed by atoms with Crippen LogP contribution in [0.5, 0.6) is 11.5 Å². The van der Waals surface area contributed by atoms with Gasteiger partial charge in [0.2, 0.25) is 0 Å². The molecule has 0 unspecified atom stereocenters. The Morgan fingerprint density at radius 1 is 0.500 bits per heavy atom. The molecule has 0 radical (unpaired) electrons. The molecule has 4 aromatic carbocycles. The van der Waals surface area contributed by atoms with Gasteiger partial charge in [0.1, 0.15) is 37.9 Å². The molecule has 4 rings (SSSR count). The first-order chi connectivity index (χ1) is 19.6. The van der Waals surface area contributed by atoms with Gasteiger partial charge in [0.15, 0.2) is 0 Å². The van der Waals surface area contributed by atoms with Crippen molar-refractivity contribution in [1.82, 2.24) is 0 Å². The van der Waals surface area contributed by atoms with E-state index in [9.17, 15) is 9.59 Å². The lowest BCUT2D eigenvalue weighted by molar-refractivity contribution is -0.139. The summed E-state index contributed by atoms with van der Waals surface area (Å²) in [4.78, 5) is 22.3. The average Bonchev–Trinajstić information content (AvgIpc) is 3.01. The Hall–Kier alpha value is -5.10. The van der Waals surface area contributed by atoms with Crippen LogP contribution in [0, 0.1) is 0 Å². The maximum Gasteiger partial charge on any atom is 0.330 e. The Labute approximate surface area is 234 Å². The third kappa shape index (κ3) is 7.48. The van der Waals surface area contributed by atoms with Crippen LogP contribution >= 0.6 is 0 Å². The molecule has 0 aliphatic heterocycles. The average molecular weight is 535 g/mol. The second-order valence-electron chi connectivity index (χ2n) is 8.58. The number of hydrogen-bond acceptors (Lipinski definition) is 6. The van der Waals surface area contributed by atoms with Crippen LogP contribution in [0.3, 0.4) is 0 Å². The summed E-state index contributed by atoms with van der Waals surface area (Å²) in [5.74, 6) is 0.447. The van der Waals surface area contributed by atoms with Crippen molar-refractivity contribution in [2.24, 2.45) is 0 Å². The van der Waals surface area contributed by atoms with Crippen molar-refractivity contribution in [3.63, 3.8) is 0 Å². The van der Waals surface area contributed by atoms with Crippen molar-refractivity contribution >= 4 is 11.9 Å². The molecule has 0 spiro atoms. The van der Waals surface area contributed by atoms with E-state index in [1.165, 1.54) is 0 Å². The Morgan fingerprint density at radius 3 is 1.20 bits per heavy atom. The first-order valence-corrected chi connectivity index (χ1v) is 12.8. The highest BCUT2D eigenvalue weighted by molar-refractivity contribution is 5.91. The molecule has 6 nitrogen and oxygen atoms in total. The first kappa shape index (κ1) is 27.9. The fourth-order valence-corrected chi connectivity index (χ4v) is 4.12. The lowest BCUT2D eigenvalue weighted by atomic mass is 9.89. The van der Waals surface area contributed by atoms with E-state index in [1.807, 2.05) is 72.8 Å². The van der Waals surface area contributed by atoms with Crippen LogP contribution in [-0.2, 0) is 19.1 Å². The molecular weight excluding hydrogens is 504 g/mol. The van der Waals surface area contributed by atoms with Gasteiger partial charge in [0.25, 0.3) is 0 Å². The van der Waals surface area contributed by atoms with Crippen LogP contribution in [0.2, 0.25) is 0 Å². The maximum absolute atomic E-state index is 11.2. The van der Waals surface area contributed by atoms with Gasteiger partial charge in [-0.05, 0) is 57.6 Å². The predicted octanol–water partition coefficient (Wildman–Crippen LogP) is 6.90. The minimum absolute atomic E-state index is 0.157. The Bertz CT molecular complexity index is 1340. The number of benzene rings is 4.